The van der Waals surface area contributed by atoms with Crippen LogP contribution in [0.4, 0.5) is 0 Å². The van der Waals surface area contributed by atoms with Crippen LogP contribution < -0.4 is 5.56 Å². The molecule has 0 spiro atoms. The van der Waals surface area contributed by atoms with Gasteiger partial charge in [-0.2, -0.15) is 0 Å². The molecule has 3 rings (SSSR count). The van der Waals surface area contributed by atoms with Gasteiger partial charge in [0, 0.05) is 22.6 Å². The Morgan fingerprint density at radius 1 is 1.48 bits per heavy atom. The fraction of sp³-hybridized carbons (Fsp3) is 0.600. The number of rotatable bonds is 4. The second-order valence-electron chi connectivity index (χ2n) is 5.67. The van der Waals surface area contributed by atoms with Crippen LogP contribution >= 0.6 is 23.1 Å². The summed E-state index contributed by atoms with van der Waals surface area (Å²) in [6, 6.07) is 0. The van der Waals surface area contributed by atoms with E-state index >= 15 is 0 Å². The van der Waals surface area contributed by atoms with Crippen molar-refractivity contribution in [3.63, 3.8) is 0 Å². The molecule has 6 heteroatoms. The third kappa shape index (κ3) is 2.76. The summed E-state index contributed by atoms with van der Waals surface area (Å²) < 4.78 is 6.76. The first-order valence-electron chi connectivity index (χ1n) is 7.37. The second-order valence-corrected chi connectivity index (χ2v) is 7.86. The summed E-state index contributed by atoms with van der Waals surface area (Å²) in [5.74, 6) is 0.963. The summed E-state index contributed by atoms with van der Waals surface area (Å²) in [6.45, 7) is 6.97. The minimum Gasteiger partial charge on any atom is -0.370 e. The van der Waals surface area contributed by atoms with Crippen LogP contribution in [0.25, 0.3) is 10.2 Å². The van der Waals surface area contributed by atoms with Gasteiger partial charge in [0.05, 0.1) is 17.7 Å². The zero-order valence-corrected chi connectivity index (χ0v) is 14.2. The number of nitrogens with zero attached hydrogens (tertiary/aromatic N) is 1. The lowest BCUT2D eigenvalue weighted by Gasteiger charge is -2.32. The van der Waals surface area contributed by atoms with Gasteiger partial charge in [-0.3, -0.25) is 4.79 Å². The number of nitrogens with one attached hydrogen (secondary N) is 1. The van der Waals surface area contributed by atoms with Crippen LogP contribution in [0.1, 0.15) is 44.1 Å². The van der Waals surface area contributed by atoms with Gasteiger partial charge >= 0.3 is 0 Å². The van der Waals surface area contributed by atoms with Crippen LogP contribution in [0, 0.1) is 0 Å². The lowest BCUT2D eigenvalue weighted by Crippen LogP contribution is -2.33. The number of hydrogen-bond acceptors (Lipinski definition) is 5. The van der Waals surface area contributed by atoms with E-state index in [9.17, 15) is 4.79 Å². The summed E-state index contributed by atoms with van der Waals surface area (Å²) in [6.07, 6.45) is 2.91. The first-order chi connectivity index (χ1) is 10.1. The smallest absolute Gasteiger partial charge is 0.269 e. The Balaban J connectivity index is 2.06. The predicted molar refractivity (Wildman–Crippen MR) is 88.4 cm³/mol. The molecule has 1 aliphatic rings. The van der Waals surface area contributed by atoms with Crippen LogP contribution in [-0.2, 0) is 17.8 Å². The van der Waals surface area contributed by atoms with Gasteiger partial charge < -0.3 is 9.72 Å². The Kier molecular flexibility index (Phi) is 4.12. The van der Waals surface area contributed by atoms with Crippen LogP contribution in [-0.4, -0.2) is 21.3 Å². The van der Waals surface area contributed by atoms with E-state index in [4.69, 9.17) is 4.74 Å². The number of thiophene rings is 1. The molecule has 1 atom stereocenters. The minimum absolute atomic E-state index is 0.0174. The number of thioether (sulfide) groups is 1. The topological polar surface area (TPSA) is 55.0 Å². The summed E-state index contributed by atoms with van der Waals surface area (Å²) in [7, 11) is 0. The number of ether oxygens (including phenoxy) is 1. The molecular weight excluding hydrogens is 304 g/mol. The van der Waals surface area contributed by atoms with E-state index in [2.05, 4.69) is 30.7 Å². The van der Waals surface area contributed by atoms with Crippen molar-refractivity contribution in [3.8, 4) is 0 Å². The molecular formula is C15H20N2O2S2. The lowest BCUT2D eigenvalue weighted by atomic mass is 9.93. The highest BCUT2D eigenvalue weighted by atomic mass is 32.2. The Labute approximate surface area is 132 Å². The van der Waals surface area contributed by atoms with Crippen LogP contribution in [0.5, 0.6) is 0 Å². The average molecular weight is 324 g/mol. The molecule has 114 valence electrons. The van der Waals surface area contributed by atoms with Gasteiger partial charge in [0.1, 0.15) is 4.70 Å². The maximum atomic E-state index is 12.3. The number of hydrogen-bond donors (Lipinski definition) is 1. The first-order valence-corrected chi connectivity index (χ1v) is 9.18. The van der Waals surface area contributed by atoms with Gasteiger partial charge in [0.15, 0.2) is 5.16 Å². The monoisotopic (exact) mass is 324 g/mol. The van der Waals surface area contributed by atoms with E-state index in [1.54, 1.807) is 23.1 Å². The largest absolute Gasteiger partial charge is 0.370 e. The zero-order valence-electron chi connectivity index (χ0n) is 12.6. The van der Waals surface area contributed by atoms with Crippen molar-refractivity contribution in [3.05, 3.63) is 20.8 Å². The van der Waals surface area contributed by atoms with Crippen molar-refractivity contribution in [2.24, 2.45) is 0 Å². The van der Waals surface area contributed by atoms with Crippen molar-refractivity contribution >= 4 is 33.3 Å². The van der Waals surface area contributed by atoms with Gasteiger partial charge in [-0.05, 0) is 19.8 Å². The maximum absolute atomic E-state index is 12.3. The van der Waals surface area contributed by atoms with Gasteiger partial charge in [-0.15, -0.1) is 11.3 Å². The van der Waals surface area contributed by atoms with Crippen molar-refractivity contribution in [2.45, 2.75) is 57.4 Å². The Hall–Kier alpha value is -0.850. The first kappa shape index (κ1) is 15.1. The second kappa shape index (κ2) is 5.74. The Morgan fingerprint density at radius 2 is 2.29 bits per heavy atom. The van der Waals surface area contributed by atoms with Gasteiger partial charge in [0.2, 0.25) is 0 Å². The highest BCUT2D eigenvalue weighted by Gasteiger charge is 2.32. The standard InChI is InChI=1S/C15H20N2O2S2/c1-4-6-20-14-16-11-9-8-19-15(3,5-2)7-10(9)21-12(11)13(18)17-14/h4-8H2,1-3H3,(H,16,17,18)/t15-/m1/s1. The van der Waals surface area contributed by atoms with E-state index in [0.29, 0.717) is 6.61 Å². The number of fused-ring (bicyclic) bond motifs is 3. The quantitative estimate of drug-likeness (QED) is 0.688. The zero-order chi connectivity index (χ0) is 15.0. The summed E-state index contributed by atoms with van der Waals surface area (Å²) in [5.41, 5.74) is 1.83. The normalized spacial score (nSPS) is 21.7. The van der Waals surface area contributed by atoms with Crippen molar-refractivity contribution in [2.75, 3.05) is 5.75 Å². The molecule has 3 heterocycles. The van der Waals surface area contributed by atoms with E-state index in [-0.39, 0.29) is 11.2 Å². The SMILES string of the molecule is CCCSc1nc2c3c(sc2c(=O)[nH]1)C[C@@](C)(CC)OC3. The molecule has 0 bridgehead atoms. The summed E-state index contributed by atoms with van der Waals surface area (Å²) in [4.78, 5) is 21.1. The Morgan fingerprint density at radius 3 is 3.00 bits per heavy atom. The minimum atomic E-state index is -0.111. The summed E-state index contributed by atoms with van der Waals surface area (Å²) in [5, 5.41) is 0.721. The maximum Gasteiger partial charge on any atom is 0.269 e. The van der Waals surface area contributed by atoms with E-state index in [0.717, 1.165) is 46.0 Å². The molecule has 21 heavy (non-hydrogen) atoms. The van der Waals surface area contributed by atoms with E-state index < -0.39 is 0 Å². The molecule has 0 amide bonds. The molecule has 0 unspecified atom stereocenters. The molecule has 2 aromatic rings. The number of aromatic amines is 1. The molecule has 4 nitrogen and oxygen atoms in total. The van der Waals surface area contributed by atoms with Crippen molar-refractivity contribution in [1.82, 2.24) is 9.97 Å². The molecule has 0 aliphatic carbocycles. The number of H-pyrrole nitrogens is 1. The van der Waals surface area contributed by atoms with E-state index in [1.165, 1.54) is 4.88 Å². The molecule has 0 radical (unpaired) electrons. The molecule has 0 saturated heterocycles. The molecule has 2 aromatic heterocycles. The van der Waals surface area contributed by atoms with Crippen molar-refractivity contribution in [1.29, 1.82) is 0 Å². The van der Waals surface area contributed by atoms with Crippen molar-refractivity contribution < 1.29 is 4.74 Å². The lowest BCUT2D eigenvalue weighted by molar-refractivity contribution is -0.0546. The molecule has 0 fully saturated rings. The van der Waals surface area contributed by atoms with E-state index in [1.807, 2.05) is 0 Å². The van der Waals surface area contributed by atoms with Crippen LogP contribution in [0.2, 0.25) is 0 Å². The predicted octanol–water partition coefficient (Wildman–Crippen LogP) is 3.73. The highest BCUT2D eigenvalue weighted by molar-refractivity contribution is 7.99. The molecule has 0 saturated carbocycles. The van der Waals surface area contributed by atoms with Gasteiger partial charge in [-0.1, -0.05) is 25.6 Å². The molecule has 1 N–H and O–H groups in total. The molecule has 1 aliphatic heterocycles. The van der Waals surface area contributed by atoms with Gasteiger partial charge in [-0.25, -0.2) is 4.98 Å². The third-order valence-electron chi connectivity index (χ3n) is 3.99. The number of aromatic nitrogens is 2. The summed E-state index contributed by atoms with van der Waals surface area (Å²) >= 11 is 3.19. The van der Waals surface area contributed by atoms with Crippen LogP contribution in [0.15, 0.2) is 9.95 Å². The fourth-order valence-corrected chi connectivity index (χ4v) is 4.51. The highest BCUT2D eigenvalue weighted by Crippen LogP contribution is 2.38. The van der Waals surface area contributed by atoms with Gasteiger partial charge in [0.25, 0.3) is 5.56 Å². The molecule has 0 aromatic carbocycles. The Bertz CT molecular complexity index is 722. The third-order valence-corrected chi connectivity index (χ3v) is 6.29. The average Bonchev–Trinajstić information content (AvgIpc) is 2.83. The fourth-order valence-electron chi connectivity index (χ4n) is 2.48. The van der Waals surface area contributed by atoms with Crippen LogP contribution in [0.3, 0.4) is 0 Å².